The Morgan fingerprint density at radius 1 is 1.25 bits per heavy atom. The topological polar surface area (TPSA) is 37.4 Å². The van der Waals surface area contributed by atoms with Crippen LogP contribution in [0.1, 0.15) is 25.8 Å². The fourth-order valence-electron chi connectivity index (χ4n) is 2.14. The van der Waals surface area contributed by atoms with Gasteiger partial charge in [0.2, 0.25) is 10.0 Å². The Hall–Kier alpha value is -0.0400. The molecule has 3 nitrogen and oxygen atoms in total. The molecule has 0 N–H and O–H groups in total. The number of sulfonamides is 1. The largest absolute Gasteiger partial charge is 0.243 e. The van der Waals surface area contributed by atoms with Crippen molar-refractivity contribution in [2.75, 3.05) is 18.8 Å². The van der Waals surface area contributed by atoms with Crippen molar-refractivity contribution in [3.05, 3.63) is 29.8 Å². The van der Waals surface area contributed by atoms with E-state index in [1.807, 2.05) is 23.9 Å². The number of benzene rings is 1. The van der Waals surface area contributed by atoms with Gasteiger partial charge in [0.1, 0.15) is 0 Å². The van der Waals surface area contributed by atoms with Gasteiger partial charge in [0.15, 0.2) is 0 Å². The Bertz CT molecular complexity index is 555. The van der Waals surface area contributed by atoms with Crippen LogP contribution in [0, 0.1) is 0 Å². The van der Waals surface area contributed by atoms with E-state index in [0.717, 1.165) is 23.1 Å². The first-order chi connectivity index (χ1) is 9.35. The molecular weight excluding hydrogens is 358 g/mol. The van der Waals surface area contributed by atoms with Crippen LogP contribution in [0.4, 0.5) is 0 Å². The summed E-state index contributed by atoms with van der Waals surface area (Å²) in [6.45, 7) is 5.55. The van der Waals surface area contributed by atoms with E-state index in [4.69, 9.17) is 0 Å². The van der Waals surface area contributed by atoms with Crippen molar-refractivity contribution in [3.63, 3.8) is 0 Å². The molecule has 0 saturated carbocycles. The van der Waals surface area contributed by atoms with Crippen molar-refractivity contribution in [1.29, 1.82) is 0 Å². The highest BCUT2D eigenvalue weighted by molar-refractivity contribution is 9.08. The predicted molar refractivity (Wildman–Crippen MR) is 89.0 cm³/mol. The van der Waals surface area contributed by atoms with Crippen LogP contribution < -0.4 is 0 Å². The molecular formula is C14H20BrNO2S2. The van der Waals surface area contributed by atoms with Crippen molar-refractivity contribution in [2.45, 2.75) is 35.2 Å². The van der Waals surface area contributed by atoms with Crippen LogP contribution in [0.3, 0.4) is 0 Å². The van der Waals surface area contributed by atoms with Gasteiger partial charge < -0.3 is 0 Å². The summed E-state index contributed by atoms with van der Waals surface area (Å²) in [4.78, 5) is 0.395. The van der Waals surface area contributed by atoms with Gasteiger partial charge in [-0.1, -0.05) is 41.9 Å². The number of halogens is 1. The first-order valence-corrected chi connectivity index (χ1v) is 10.2. The van der Waals surface area contributed by atoms with E-state index in [1.54, 1.807) is 16.4 Å². The summed E-state index contributed by atoms with van der Waals surface area (Å²) < 4.78 is 27.1. The van der Waals surface area contributed by atoms with Crippen LogP contribution in [-0.4, -0.2) is 36.3 Å². The van der Waals surface area contributed by atoms with Gasteiger partial charge >= 0.3 is 0 Å². The lowest BCUT2D eigenvalue weighted by atomic mass is 10.1. The van der Waals surface area contributed by atoms with Gasteiger partial charge in [-0.05, 0) is 24.1 Å². The number of thioether (sulfide) groups is 1. The fraction of sp³-hybridized carbons (Fsp3) is 0.571. The summed E-state index contributed by atoms with van der Waals surface area (Å²) in [5.41, 5.74) is 1.08. The molecule has 0 spiro atoms. The average Bonchev–Trinajstić information content (AvgIpc) is 2.60. The summed E-state index contributed by atoms with van der Waals surface area (Å²) in [6, 6.07) is 7.13. The van der Waals surface area contributed by atoms with E-state index in [1.165, 1.54) is 0 Å². The average molecular weight is 378 g/mol. The van der Waals surface area contributed by atoms with Crippen LogP contribution in [0.2, 0.25) is 0 Å². The minimum absolute atomic E-state index is 0.157. The van der Waals surface area contributed by atoms with E-state index in [9.17, 15) is 8.42 Å². The first kappa shape index (κ1) is 16.3. The van der Waals surface area contributed by atoms with Crippen molar-refractivity contribution < 1.29 is 8.42 Å². The first-order valence-electron chi connectivity index (χ1n) is 6.64. The molecule has 1 aliphatic rings. The van der Waals surface area contributed by atoms with Gasteiger partial charge in [-0.15, -0.1) is 0 Å². The quantitative estimate of drug-likeness (QED) is 0.756. The standard InChI is InChI=1S/C14H20BrNO2S2/c1-14(2)7-8-16(9-10-19-14)20(17,18)13-5-3-12(11-15)4-6-13/h3-6H,7-11H2,1-2H3. The van der Waals surface area contributed by atoms with Gasteiger partial charge in [0, 0.05) is 28.9 Å². The minimum Gasteiger partial charge on any atom is -0.207 e. The number of alkyl halides is 1. The number of hydrogen-bond acceptors (Lipinski definition) is 3. The van der Waals surface area contributed by atoms with Crippen molar-refractivity contribution >= 4 is 37.7 Å². The molecule has 0 radical (unpaired) electrons. The molecule has 0 aliphatic carbocycles. The summed E-state index contributed by atoms with van der Waals surface area (Å²) >= 11 is 5.22. The third-order valence-electron chi connectivity index (χ3n) is 3.51. The third kappa shape index (κ3) is 3.78. The molecule has 0 bridgehead atoms. The lowest BCUT2D eigenvalue weighted by molar-refractivity contribution is 0.415. The highest BCUT2D eigenvalue weighted by Crippen LogP contribution is 2.32. The molecule has 1 heterocycles. The molecule has 20 heavy (non-hydrogen) atoms. The van der Waals surface area contributed by atoms with E-state index >= 15 is 0 Å². The lowest BCUT2D eigenvalue weighted by Crippen LogP contribution is -2.33. The second-order valence-corrected chi connectivity index (χ2v) is 9.84. The number of hydrogen-bond donors (Lipinski definition) is 0. The molecule has 1 fully saturated rings. The molecule has 0 aromatic heterocycles. The summed E-state index contributed by atoms with van der Waals surface area (Å²) in [6.07, 6.45) is 0.885. The molecule has 1 aliphatic heterocycles. The maximum atomic E-state index is 12.7. The zero-order valence-corrected chi connectivity index (χ0v) is 15.0. The zero-order valence-electron chi connectivity index (χ0n) is 11.8. The predicted octanol–water partition coefficient (Wildman–Crippen LogP) is 3.49. The molecule has 0 atom stereocenters. The molecule has 1 aromatic carbocycles. The second-order valence-electron chi connectivity index (χ2n) is 5.54. The molecule has 0 amide bonds. The summed E-state index contributed by atoms with van der Waals surface area (Å²) in [5, 5.41) is 0.738. The highest BCUT2D eigenvalue weighted by atomic mass is 79.9. The SMILES string of the molecule is CC1(C)CCN(S(=O)(=O)c2ccc(CBr)cc2)CCS1. The minimum atomic E-state index is -3.36. The van der Waals surface area contributed by atoms with Gasteiger partial charge in [0.25, 0.3) is 0 Å². The van der Waals surface area contributed by atoms with E-state index < -0.39 is 10.0 Å². The molecule has 0 unspecified atom stereocenters. The Balaban J connectivity index is 2.20. The fourth-order valence-corrected chi connectivity index (χ4v) is 5.17. The van der Waals surface area contributed by atoms with Gasteiger partial charge in [0.05, 0.1) is 4.90 Å². The van der Waals surface area contributed by atoms with E-state index in [2.05, 4.69) is 29.8 Å². The Morgan fingerprint density at radius 3 is 2.50 bits per heavy atom. The maximum absolute atomic E-state index is 12.7. The Kier molecular flexibility index (Phi) is 5.21. The van der Waals surface area contributed by atoms with Gasteiger partial charge in [-0.25, -0.2) is 8.42 Å². The van der Waals surface area contributed by atoms with Crippen molar-refractivity contribution in [3.8, 4) is 0 Å². The van der Waals surface area contributed by atoms with Gasteiger partial charge in [-0.3, -0.25) is 0 Å². The number of nitrogens with zero attached hydrogens (tertiary/aromatic N) is 1. The molecule has 112 valence electrons. The summed E-state index contributed by atoms with van der Waals surface area (Å²) in [5.74, 6) is 0.853. The zero-order chi connectivity index (χ0) is 14.8. The molecule has 2 rings (SSSR count). The summed E-state index contributed by atoms with van der Waals surface area (Å²) in [7, 11) is -3.36. The van der Waals surface area contributed by atoms with Crippen molar-refractivity contribution in [2.24, 2.45) is 0 Å². The Morgan fingerprint density at radius 2 is 1.90 bits per heavy atom. The number of rotatable bonds is 3. The van der Waals surface area contributed by atoms with Crippen molar-refractivity contribution in [1.82, 2.24) is 4.31 Å². The van der Waals surface area contributed by atoms with Crippen LogP contribution in [-0.2, 0) is 15.4 Å². The van der Waals surface area contributed by atoms with Gasteiger partial charge in [-0.2, -0.15) is 16.1 Å². The van der Waals surface area contributed by atoms with E-state index in [-0.39, 0.29) is 4.75 Å². The van der Waals surface area contributed by atoms with Crippen LogP contribution in [0.5, 0.6) is 0 Å². The maximum Gasteiger partial charge on any atom is 0.243 e. The second kappa shape index (κ2) is 6.38. The molecule has 6 heteroatoms. The normalized spacial score (nSPS) is 20.6. The monoisotopic (exact) mass is 377 g/mol. The molecule has 1 saturated heterocycles. The highest BCUT2D eigenvalue weighted by Gasteiger charge is 2.30. The van der Waals surface area contributed by atoms with Crippen LogP contribution in [0.15, 0.2) is 29.2 Å². The van der Waals surface area contributed by atoms with Crippen LogP contribution >= 0.6 is 27.7 Å². The lowest BCUT2D eigenvalue weighted by Gasteiger charge is -2.22. The smallest absolute Gasteiger partial charge is 0.207 e. The van der Waals surface area contributed by atoms with E-state index in [0.29, 0.717) is 18.0 Å². The molecule has 1 aromatic rings. The Labute approximate surface area is 134 Å². The van der Waals surface area contributed by atoms with Crippen LogP contribution in [0.25, 0.3) is 0 Å². The third-order valence-corrected chi connectivity index (χ3v) is 7.44.